The van der Waals surface area contributed by atoms with Gasteiger partial charge in [0.1, 0.15) is 6.10 Å². The van der Waals surface area contributed by atoms with Gasteiger partial charge in [-0.1, -0.05) is 27.7 Å². The highest BCUT2D eigenvalue weighted by molar-refractivity contribution is 7.85. The van der Waals surface area contributed by atoms with E-state index < -0.39 is 29.2 Å². The number of hydrogen-bond donors (Lipinski definition) is 3. The molecule has 154 valence electrons. The van der Waals surface area contributed by atoms with E-state index in [0.29, 0.717) is 18.4 Å². The minimum atomic E-state index is -2.15. The van der Waals surface area contributed by atoms with Crippen LogP contribution in [0.15, 0.2) is 33.9 Å². The maximum absolute atomic E-state index is 12.6. The summed E-state index contributed by atoms with van der Waals surface area (Å²) in [6, 6.07) is 0. The minimum absolute atomic E-state index is 0.0387. The highest BCUT2D eigenvalue weighted by atomic mass is 32.1. The summed E-state index contributed by atoms with van der Waals surface area (Å²) in [5.41, 5.74) is 4.96. The van der Waals surface area contributed by atoms with Crippen LogP contribution in [0.4, 0.5) is 0 Å². The molecule has 7 nitrogen and oxygen atoms in total. The van der Waals surface area contributed by atoms with E-state index in [1.807, 2.05) is 20.8 Å². The number of thiol groups is 1. The quantitative estimate of drug-likeness (QED) is 0.364. The van der Waals surface area contributed by atoms with Gasteiger partial charge in [0.2, 0.25) is 0 Å². The average molecular weight is 410 g/mol. The number of Topliss-reactive ketones (excluding diaryl/α,β-unsaturated/α-hetero) is 1. The van der Waals surface area contributed by atoms with Gasteiger partial charge in [0.25, 0.3) is 5.79 Å². The fourth-order valence-electron chi connectivity index (χ4n) is 3.87. The highest BCUT2D eigenvalue weighted by Crippen LogP contribution is 2.57. The number of carbonyl (C=O) groups excluding carboxylic acids is 3. The summed E-state index contributed by atoms with van der Waals surface area (Å²) in [6.45, 7) is 9.21. The van der Waals surface area contributed by atoms with Crippen LogP contribution in [0.1, 0.15) is 47.5 Å². The Balaban J connectivity index is 0.00000136. The van der Waals surface area contributed by atoms with Gasteiger partial charge in [-0.3, -0.25) is 4.79 Å². The molecule has 0 aromatic heterocycles. The predicted octanol–water partition coefficient (Wildman–Crippen LogP) is 2.16. The van der Waals surface area contributed by atoms with Gasteiger partial charge in [0.05, 0.1) is 10.5 Å². The molecule has 1 aliphatic heterocycles. The van der Waals surface area contributed by atoms with E-state index in [1.165, 1.54) is 13.0 Å². The molecule has 3 aliphatic rings. The average Bonchev–Trinajstić information content (AvgIpc) is 2.90. The topological polar surface area (TPSA) is 116 Å². The second-order valence-electron chi connectivity index (χ2n) is 7.19. The van der Waals surface area contributed by atoms with Crippen LogP contribution in [-0.2, 0) is 23.9 Å². The fraction of sp³-hybridized carbons (Fsp3) is 0.550. The third kappa shape index (κ3) is 3.18. The van der Waals surface area contributed by atoms with E-state index in [4.69, 9.17) is 15.2 Å². The standard InChI is InChI=1S/C18H21NO6S.C2H6/c1-8(7-19)15(21)24-14-12-13(26)16(22)25-18(12,23)6-10-11(20)5-4-9(2)17(10,14)3;1-2/h6-7,9,14,23,26H,4-5,19H2,1-3H3;1-2H3/b8-7-;/t9?,14-,17-,18-;/m1./s1. The van der Waals surface area contributed by atoms with Crippen molar-refractivity contribution in [2.24, 2.45) is 17.1 Å². The van der Waals surface area contributed by atoms with Crippen molar-refractivity contribution >= 4 is 30.4 Å². The van der Waals surface area contributed by atoms with E-state index in [0.717, 1.165) is 6.20 Å². The predicted molar refractivity (Wildman–Crippen MR) is 106 cm³/mol. The summed E-state index contributed by atoms with van der Waals surface area (Å²) < 4.78 is 10.7. The van der Waals surface area contributed by atoms with Crippen LogP contribution >= 0.6 is 12.6 Å². The van der Waals surface area contributed by atoms with E-state index in [9.17, 15) is 19.5 Å². The van der Waals surface area contributed by atoms with Crippen LogP contribution in [0, 0.1) is 11.3 Å². The number of ether oxygens (including phenoxy) is 2. The van der Waals surface area contributed by atoms with Crippen LogP contribution in [0.5, 0.6) is 0 Å². The Kier molecular flexibility index (Phi) is 6.16. The third-order valence-electron chi connectivity index (χ3n) is 5.74. The molecular formula is C20H27NO6S. The molecule has 0 amide bonds. The van der Waals surface area contributed by atoms with Gasteiger partial charge in [-0.15, -0.1) is 12.6 Å². The van der Waals surface area contributed by atoms with Gasteiger partial charge in [0.15, 0.2) is 5.78 Å². The van der Waals surface area contributed by atoms with Crippen LogP contribution in [0.3, 0.4) is 0 Å². The first kappa shape index (κ1) is 22.2. The van der Waals surface area contributed by atoms with E-state index in [2.05, 4.69) is 12.6 Å². The van der Waals surface area contributed by atoms with Crippen molar-refractivity contribution in [3.8, 4) is 0 Å². The third-order valence-corrected chi connectivity index (χ3v) is 6.16. The lowest BCUT2D eigenvalue weighted by atomic mass is 9.57. The smallest absolute Gasteiger partial charge is 0.347 e. The molecule has 2 aliphatic carbocycles. The Bertz CT molecular complexity index is 814. The zero-order chi connectivity index (χ0) is 21.4. The monoisotopic (exact) mass is 409 g/mol. The number of rotatable bonds is 2. The van der Waals surface area contributed by atoms with Crippen LogP contribution in [-0.4, -0.2) is 34.7 Å². The molecule has 3 rings (SSSR count). The summed E-state index contributed by atoms with van der Waals surface area (Å²) in [5.74, 6) is -3.92. The largest absolute Gasteiger partial charge is 0.453 e. The number of carbonyl (C=O) groups is 3. The molecule has 0 bridgehead atoms. The van der Waals surface area contributed by atoms with E-state index in [-0.39, 0.29) is 27.8 Å². The second-order valence-corrected chi connectivity index (χ2v) is 7.63. The highest BCUT2D eigenvalue weighted by Gasteiger charge is 2.62. The van der Waals surface area contributed by atoms with Gasteiger partial charge in [0, 0.05) is 29.2 Å². The number of ketones is 1. The molecule has 3 N–H and O–H groups in total. The van der Waals surface area contributed by atoms with Crippen molar-refractivity contribution in [1.29, 1.82) is 0 Å². The summed E-state index contributed by atoms with van der Waals surface area (Å²) in [6.07, 6.45) is 2.18. The van der Waals surface area contributed by atoms with Crippen molar-refractivity contribution in [2.75, 3.05) is 0 Å². The number of nitrogens with two attached hydrogens (primary N) is 1. The van der Waals surface area contributed by atoms with Crippen molar-refractivity contribution in [2.45, 2.75) is 59.4 Å². The summed E-state index contributed by atoms with van der Waals surface area (Å²) in [7, 11) is 0. The molecular weight excluding hydrogens is 382 g/mol. The zero-order valence-electron chi connectivity index (χ0n) is 16.7. The lowest BCUT2D eigenvalue weighted by Gasteiger charge is -2.50. The van der Waals surface area contributed by atoms with Gasteiger partial charge in [-0.25, -0.2) is 9.59 Å². The molecule has 0 aromatic carbocycles. The summed E-state index contributed by atoms with van der Waals surface area (Å²) in [4.78, 5) is 36.9. The molecule has 1 saturated carbocycles. The van der Waals surface area contributed by atoms with Crippen LogP contribution in [0.2, 0.25) is 0 Å². The van der Waals surface area contributed by atoms with Gasteiger partial charge in [-0.2, -0.15) is 0 Å². The molecule has 0 spiro atoms. The molecule has 1 unspecified atom stereocenters. The van der Waals surface area contributed by atoms with Crippen molar-refractivity contribution in [1.82, 2.24) is 0 Å². The van der Waals surface area contributed by atoms with Crippen molar-refractivity contribution in [3.63, 3.8) is 0 Å². The number of aliphatic hydroxyl groups is 1. The van der Waals surface area contributed by atoms with Crippen molar-refractivity contribution < 1.29 is 29.0 Å². The van der Waals surface area contributed by atoms with Gasteiger partial charge in [-0.05, 0) is 25.3 Å². The van der Waals surface area contributed by atoms with Crippen LogP contribution in [0.25, 0.3) is 0 Å². The minimum Gasteiger partial charge on any atom is -0.453 e. The first-order valence-electron chi connectivity index (χ1n) is 9.31. The molecule has 1 heterocycles. The molecule has 0 saturated heterocycles. The summed E-state index contributed by atoms with van der Waals surface area (Å²) in [5, 5.41) is 10.9. The number of hydrogen-bond acceptors (Lipinski definition) is 8. The van der Waals surface area contributed by atoms with Crippen LogP contribution < -0.4 is 5.73 Å². The molecule has 28 heavy (non-hydrogen) atoms. The lowest BCUT2D eigenvalue weighted by Crippen LogP contribution is -2.55. The fourth-order valence-corrected chi connectivity index (χ4v) is 4.20. The normalized spacial score (nSPS) is 34.5. The first-order valence-corrected chi connectivity index (χ1v) is 9.76. The molecule has 0 radical (unpaired) electrons. The first-order chi connectivity index (χ1) is 13.1. The lowest BCUT2D eigenvalue weighted by molar-refractivity contribution is -0.178. The Morgan fingerprint density at radius 3 is 2.61 bits per heavy atom. The Morgan fingerprint density at radius 1 is 1.43 bits per heavy atom. The van der Waals surface area contributed by atoms with Gasteiger partial charge >= 0.3 is 11.9 Å². The van der Waals surface area contributed by atoms with Gasteiger partial charge < -0.3 is 20.3 Å². The van der Waals surface area contributed by atoms with E-state index >= 15 is 0 Å². The molecule has 0 aromatic rings. The van der Waals surface area contributed by atoms with Crippen molar-refractivity contribution in [3.05, 3.63) is 33.9 Å². The zero-order valence-corrected chi connectivity index (χ0v) is 17.6. The maximum atomic E-state index is 12.6. The molecule has 8 heteroatoms. The Morgan fingerprint density at radius 2 is 2.04 bits per heavy atom. The maximum Gasteiger partial charge on any atom is 0.347 e. The molecule has 1 fully saturated rings. The summed E-state index contributed by atoms with van der Waals surface area (Å²) >= 11 is 4.17. The Labute approximate surface area is 170 Å². The SMILES string of the molecule is C/C(=C/N)C(=O)O[C@@H]1C2=C(S)C(=O)O[C@]2(O)C=C2C(=O)CCC(C)[C@]21C.CC. The number of fused-ring (bicyclic) bond motifs is 2. The number of esters is 2. The van der Waals surface area contributed by atoms with E-state index in [1.54, 1.807) is 6.92 Å². The molecule has 4 atom stereocenters. The second kappa shape index (κ2) is 7.75. The Hall–Kier alpha value is -2.06.